The summed E-state index contributed by atoms with van der Waals surface area (Å²) in [6.45, 7) is 4.60. The van der Waals surface area contributed by atoms with E-state index in [0.29, 0.717) is 22.6 Å². The minimum absolute atomic E-state index is 0.288. The molecule has 2 aromatic rings. The van der Waals surface area contributed by atoms with Crippen LogP contribution in [-0.2, 0) is 6.54 Å². The Morgan fingerprint density at radius 3 is 2.80 bits per heavy atom. The first kappa shape index (κ1) is 13.0. The maximum Gasteiger partial charge on any atom is 0.185 e. The molecule has 0 atom stereocenters. The Balaban J connectivity index is 2.01. The van der Waals surface area contributed by atoms with Crippen molar-refractivity contribution in [2.45, 2.75) is 39.7 Å². The van der Waals surface area contributed by atoms with E-state index in [0.717, 1.165) is 13.0 Å². The topological polar surface area (TPSA) is 69.6 Å². The van der Waals surface area contributed by atoms with Crippen LogP contribution in [0.4, 0.5) is 10.1 Å². The van der Waals surface area contributed by atoms with Crippen molar-refractivity contribution in [1.29, 1.82) is 0 Å². The van der Waals surface area contributed by atoms with E-state index < -0.39 is 0 Å². The number of nitrogens with zero attached hydrogens (tertiary/aromatic N) is 4. The smallest absolute Gasteiger partial charge is 0.185 e. The van der Waals surface area contributed by atoms with Gasteiger partial charge in [-0.25, -0.2) is 9.07 Å². The Morgan fingerprint density at radius 2 is 2.15 bits per heavy atom. The van der Waals surface area contributed by atoms with Gasteiger partial charge in [-0.3, -0.25) is 0 Å². The van der Waals surface area contributed by atoms with Crippen LogP contribution in [-0.4, -0.2) is 20.2 Å². The maximum absolute atomic E-state index is 14.3. The van der Waals surface area contributed by atoms with E-state index in [9.17, 15) is 4.39 Å². The SMILES string of the molecule is CCC1(Cn2nnnc2-c2cc(N)cc(C)c2F)CC1. The highest BCUT2D eigenvalue weighted by atomic mass is 19.1. The van der Waals surface area contributed by atoms with Crippen molar-refractivity contribution >= 4 is 5.69 Å². The van der Waals surface area contributed by atoms with Crippen LogP contribution >= 0.6 is 0 Å². The maximum atomic E-state index is 14.3. The minimum atomic E-state index is -0.309. The van der Waals surface area contributed by atoms with Crippen LogP contribution in [0.2, 0.25) is 0 Å². The predicted molar refractivity (Wildman–Crippen MR) is 74.3 cm³/mol. The van der Waals surface area contributed by atoms with Crippen molar-refractivity contribution in [3.8, 4) is 11.4 Å². The van der Waals surface area contributed by atoms with Gasteiger partial charge >= 0.3 is 0 Å². The number of halogens is 1. The Kier molecular flexibility index (Phi) is 2.96. The third-order valence-corrected chi connectivity index (χ3v) is 4.24. The number of aromatic nitrogens is 4. The molecule has 6 heteroatoms. The standard InChI is InChI=1S/C14H18FN5/c1-3-14(4-5-14)8-20-13(17-18-19-20)11-7-10(16)6-9(2)12(11)15/h6-7H,3-5,8,16H2,1-2H3. The Bertz CT molecular complexity index is 645. The number of hydrogen-bond acceptors (Lipinski definition) is 4. The summed E-state index contributed by atoms with van der Waals surface area (Å²) >= 11 is 0. The monoisotopic (exact) mass is 275 g/mol. The van der Waals surface area contributed by atoms with Crippen molar-refractivity contribution in [1.82, 2.24) is 20.2 Å². The van der Waals surface area contributed by atoms with E-state index in [1.165, 1.54) is 12.8 Å². The van der Waals surface area contributed by atoms with Gasteiger partial charge in [-0.1, -0.05) is 6.92 Å². The van der Waals surface area contributed by atoms with Gasteiger partial charge in [0.15, 0.2) is 5.82 Å². The van der Waals surface area contributed by atoms with Gasteiger partial charge in [0.1, 0.15) is 5.82 Å². The zero-order valence-electron chi connectivity index (χ0n) is 11.7. The van der Waals surface area contributed by atoms with E-state index in [1.54, 1.807) is 23.7 Å². The van der Waals surface area contributed by atoms with E-state index in [4.69, 9.17) is 5.73 Å². The summed E-state index contributed by atoms with van der Waals surface area (Å²) in [6, 6.07) is 3.21. The molecular weight excluding hydrogens is 257 g/mol. The van der Waals surface area contributed by atoms with Crippen molar-refractivity contribution in [3.05, 3.63) is 23.5 Å². The van der Waals surface area contributed by atoms with Crippen LogP contribution < -0.4 is 5.73 Å². The molecule has 1 aliphatic rings. The van der Waals surface area contributed by atoms with Crippen LogP contribution in [0.5, 0.6) is 0 Å². The highest BCUT2D eigenvalue weighted by Crippen LogP contribution is 2.50. The van der Waals surface area contributed by atoms with Crippen molar-refractivity contribution in [2.75, 3.05) is 5.73 Å². The van der Waals surface area contributed by atoms with Crippen molar-refractivity contribution < 1.29 is 4.39 Å². The van der Waals surface area contributed by atoms with E-state index in [2.05, 4.69) is 22.4 Å². The van der Waals surface area contributed by atoms with Crippen LogP contribution in [0.1, 0.15) is 31.7 Å². The fraction of sp³-hybridized carbons (Fsp3) is 0.500. The quantitative estimate of drug-likeness (QED) is 0.871. The van der Waals surface area contributed by atoms with E-state index >= 15 is 0 Å². The van der Waals surface area contributed by atoms with Gasteiger partial charge in [-0.15, -0.1) is 5.10 Å². The molecule has 3 rings (SSSR count). The van der Waals surface area contributed by atoms with Gasteiger partial charge in [-0.2, -0.15) is 0 Å². The Labute approximate surface area is 117 Å². The van der Waals surface area contributed by atoms with Gasteiger partial charge in [0, 0.05) is 5.69 Å². The minimum Gasteiger partial charge on any atom is -0.399 e. The summed E-state index contributed by atoms with van der Waals surface area (Å²) in [4.78, 5) is 0. The molecule has 1 aromatic carbocycles. The molecule has 0 saturated heterocycles. The van der Waals surface area contributed by atoms with Gasteiger partial charge < -0.3 is 5.73 Å². The van der Waals surface area contributed by atoms with Crippen molar-refractivity contribution in [2.24, 2.45) is 5.41 Å². The lowest BCUT2D eigenvalue weighted by Gasteiger charge is -2.13. The third kappa shape index (κ3) is 2.15. The number of nitrogens with two attached hydrogens (primary N) is 1. The fourth-order valence-electron chi connectivity index (χ4n) is 2.58. The van der Waals surface area contributed by atoms with E-state index in [-0.39, 0.29) is 11.2 Å². The number of benzene rings is 1. The molecule has 0 radical (unpaired) electrons. The molecule has 0 unspecified atom stereocenters. The zero-order chi connectivity index (χ0) is 14.3. The molecule has 1 fully saturated rings. The van der Waals surface area contributed by atoms with Crippen LogP contribution in [0.25, 0.3) is 11.4 Å². The van der Waals surface area contributed by atoms with Crippen LogP contribution in [0.3, 0.4) is 0 Å². The fourth-order valence-corrected chi connectivity index (χ4v) is 2.58. The largest absolute Gasteiger partial charge is 0.399 e. The summed E-state index contributed by atoms with van der Waals surface area (Å²) in [5.74, 6) is 0.147. The first-order valence-electron chi connectivity index (χ1n) is 6.87. The summed E-state index contributed by atoms with van der Waals surface area (Å²) in [6.07, 6.45) is 3.45. The first-order chi connectivity index (χ1) is 9.54. The summed E-state index contributed by atoms with van der Waals surface area (Å²) in [7, 11) is 0. The normalized spacial score (nSPS) is 16.4. The average Bonchev–Trinajstić information content (AvgIpc) is 3.04. The number of hydrogen-bond donors (Lipinski definition) is 1. The van der Waals surface area contributed by atoms with Gasteiger partial charge in [0.2, 0.25) is 0 Å². The number of aryl methyl sites for hydroxylation is 1. The average molecular weight is 275 g/mol. The Hall–Kier alpha value is -1.98. The van der Waals surface area contributed by atoms with E-state index in [1.807, 2.05) is 0 Å². The van der Waals surface area contributed by atoms with Crippen LogP contribution in [0, 0.1) is 18.2 Å². The molecule has 5 nitrogen and oxygen atoms in total. The number of nitrogen functional groups attached to an aromatic ring is 1. The highest BCUT2D eigenvalue weighted by Gasteiger charge is 2.42. The summed E-state index contributed by atoms with van der Waals surface area (Å²) in [5.41, 5.74) is 7.49. The zero-order valence-corrected chi connectivity index (χ0v) is 11.7. The molecule has 2 N–H and O–H groups in total. The number of tetrazole rings is 1. The summed E-state index contributed by atoms with van der Waals surface area (Å²) in [5, 5.41) is 11.7. The van der Waals surface area contributed by atoms with Gasteiger partial charge in [0.05, 0.1) is 12.1 Å². The molecule has 1 heterocycles. The second-order valence-corrected chi connectivity index (χ2v) is 5.71. The molecule has 0 bridgehead atoms. The molecule has 0 spiro atoms. The lowest BCUT2D eigenvalue weighted by Crippen LogP contribution is -2.14. The molecule has 0 aliphatic heterocycles. The summed E-state index contributed by atoms with van der Waals surface area (Å²) < 4.78 is 16.0. The van der Waals surface area contributed by atoms with Crippen LogP contribution in [0.15, 0.2) is 12.1 Å². The third-order valence-electron chi connectivity index (χ3n) is 4.24. The van der Waals surface area contributed by atoms with Crippen molar-refractivity contribution in [3.63, 3.8) is 0 Å². The molecule has 1 aliphatic carbocycles. The molecule has 1 saturated carbocycles. The lowest BCUT2D eigenvalue weighted by atomic mass is 10.0. The van der Waals surface area contributed by atoms with Gasteiger partial charge in [0.25, 0.3) is 0 Å². The molecule has 1 aromatic heterocycles. The molecule has 106 valence electrons. The number of rotatable bonds is 4. The first-order valence-corrected chi connectivity index (χ1v) is 6.87. The molecule has 0 amide bonds. The number of anilines is 1. The van der Waals surface area contributed by atoms with Gasteiger partial charge in [-0.05, 0) is 59.7 Å². The highest BCUT2D eigenvalue weighted by molar-refractivity contribution is 5.63. The second-order valence-electron chi connectivity index (χ2n) is 5.71. The Morgan fingerprint density at radius 1 is 1.40 bits per heavy atom. The molecular formula is C14H18FN5. The molecule has 20 heavy (non-hydrogen) atoms. The second kappa shape index (κ2) is 4.54. The lowest BCUT2D eigenvalue weighted by molar-refractivity contribution is 0.382. The predicted octanol–water partition coefficient (Wildman–Crippen LogP) is 2.56.